The average molecular weight is 321 g/mol. The third-order valence-electron chi connectivity index (χ3n) is 3.45. The molecule has 0 aliphatic heterocycles. The van der Waals surface area contributed by atoms with Crippen molar-refractivity contribution < 1.29 is 10.2 Å². The first-order valence-electron chi connectivity index (χ1n) is 6.22. The molecule has 19 heavy (non-hydrogen) atoms. The van der Waals surface area contributed by atoms with Crippen molar-refractivity contribution in [2.45, 2.75) is 11.8 Å². The van der Waals surface area contributed by atoms with Crippen LogP contribution in [0.3, 0.4) is 0 Å². The van der Waals surface area contributed by atoms with Crippen LogP contribution >= 0.6 is 15.9 Å². The molecule has 0 amide bonds. The Kier molecular flexibility index (Phi) is 4.75. The topological polar surface area (TPSA) is 40.5 Å². The zero-order valence-corrected chi connectivity index (χ0v) is 12.2. The third-order valence-corrected chi connectivity index (χ3v) is 3.98. The molecule has 0 saturated carbocycles. The van der Waals surface area contributed by atoms with Gasteiger partial charge < -0.3 is 10.2 Å². The van der Waals surface area contributed by atoms with Gasteiger partial charge in [0.05, 0.1) is 13.2 Å². The predicted octanol–water partition coefficient (Wildman–Crippen LogP) is 2.91. The summed E-state index contributed by atoms with van der Waals surface area (Å²) in [6.45, 7) is -0.167. The maximum Gasteiger partial charge on any atom is 0.0553 e. The van der Waals surface area contributed by atoms with Gasteiger partial charge in [0.1, 0.15) is 0 Å². The minimum Gasteiger partial charge on any atom is -0.395 e. The summed E-state index contributed by atoms with van der Waals surface area (Å²) in [6.07, 6.45) is 0.614. The lowest BCUT2D eigenvalue weighted by Crippen LogP contribution is -2.37. The molecule has 0 aromatic heterocycles. The maximum atomic E-state index is 9.79. The molecule has 0 radical (unpaired) electrons. The van der Waals surface area contributed by atoms with Gasteiger partial charge in [0.25, 0.3) is 0 Å². The summed E-state index contributed by atoms with van der Waals surface area (Å²) in [5, 5.41) is 19.6. The van der Waals surface area contributed by atoms with Crippen molar-refractivity contribution in [3.8, 4) is 0 Å². The van der Waals surface area contributed by atoms with E-state index in [0.717, 1.165) is 15.6 Å². The van der Waals surface area contributed by atoms with E-state index in [2.05, 4.69) is 15.9 Å². The van der Waals surface area contributed by atoms with Gasteiger partial charge >= 0.3 is 0 Å². The molecular weight excluding hydrogens is 304 g/mol. The van der Waals surface area contributed by atoms with Crippen LogP contribution in [0.25, 0.3) is 0 Å². The van der Waals surface area contributed by atoms with Gasteiger partial charge in [-0.05, 0) is 29.7 Å². The van der Waals surface area contributed by atoms with Gasteiger partial charge in [0, 0.05) is 9.89 Å². The van der Waals surface area contributed by atoms with Crippen LogP contribution < -0.4 is 0 Å². The van der Waals surface area contributed by atoms with E-state index in [4.69, 9.17) is 0 Å². The van der Waals surface area contributed by atoms with Crippen LogP contribution in [0, 0.1) is 0 Å². The molecule has 0 atom stereocenters. The minimum absolute atomic E-state index is 0.0833. The standard InChI is InChI=1S/C16H17BrO2/c17-15-8-6-14(7-9-15)16(11-18,12-19)10-13-4-2-1-3-5-13/h1-9,18-19H,10-12H2. The van der Waals surface area contributed by atoms with E-state index in [1.54, 1.807) is 0 Å². The van der Waals surface area contributed by atoms with E-state index in [-0.39, 0.29) is 13.2 Å². The molecular formula is C16H17BrO2. The van der Waals surface area contributed by atoms with Crippen LogP contribution in [0.2, 0.25) is 0 Å². The van der Waals surface area contributed by atoms with E-state index in [0.29, 0.717) is 6.42 Å². The summed E-state index contributed by atoms with van der Waals surface area (Å²) in [7, 11) is 0. The normalized spacial score (nSPS) is 11.5. The fourth-order valence-corrected chi connectivity index (χ4v) is 2.50. The Morgan fingerprint density at radius 3 is 1.95 bits per heavy atom. The molecule has 0 saturated heterocycles. The lowest BCUT2D eigenvalue weighted by molar-refractivity contribution is 0.116. The quantitative estimate of drug-likeness (QED) is 0.889. The van der Waals surface area contributed by atoms with Crippen LogP contribution in [0.5, 0.6) is 0 Å². The highest BCUT2D eigenvalue weighted by molar-refractivity contribution is 9.10. The molecule has 0 aliphatic rings. The zero-order valence-electron chi connectivity index (χ0n) is 10.6. The van der Waals surface area contributed by atoms with E-state index >= 15 is 0 Å². The van der Waals surface area contributed by atoms with Gasteiger partial charge in [-0.15, -0.1) is 0 Å². The van der Waals surface area contributed by atoms with Crippen molar-refractivity contribution in [3.05, 3.63) is 70.2 Å². The van der Waals surface area contributed by atoms with Crippen molar-refractivity contribution in [1.82, 2.24) is 0 Å². The SMILES string of the molecule is OCC(CO)(Cc1ccccc1)c1ccc(Br)cc1. The van der Waals surface area contributed by atoms with Gasteiger partial charge in [-0.25, -0.2) is 0 Å². The highest BCUT2D eigenvalue weighted by atomic mass is 79.9. The second-order valence-corrected chi connectivity index (χ2v) is 5.68. The molecule has 0 aliphatic carbocycles. The van der Waals surface area contributed by atoms with Crippen LogP contribution in [-0.4, -0.2) is 23.4 Å². The first-order valence-corrected chi connectivity index (χ1v) is 7.01. The molecule has 2 N–H and O–H groups in total. The summed E-state index contributed by atoms with van der Waals surface area (Å²) in [6, 6.07) is 17.7. The van der Waals surface area contributed by atoms with Crippen LogP contribution in [0.15, 0.2) is 59.1 Å². The zero-order chi connectivity index (χ0) is 13.7. The van der Waals surface area contributed by atoms with Gasteiger partial charge in [-0.2, -0.15) is 0 Å². The number of aliphatic hydroxyl groups excluding tert-OH is 2. The van der Waals surface area contributed by atoms with Crippen molar-refractivity contribution in [2.75, 3.05) is 13.2 Å². The fourth-order valence-electron chi connectivity index (χ4n) is 2.24. The van der Waals surface area contributed by atoms with Crippen molar-refractivity contribution >= 4 is 15.9 Å². The Morgan fingerprint density at radius 2 is 1.42 bits per heavy atom. The molecule has 0 bridgehead atoms. The van der Waals surface area contributed by atoms with E-state index in [1.165, 1.54) is 0 Å². The Hall–Kier alpha value is -1.16. The second kappa shape index (κ2) is 6.33. The predicted molar refractivity (Wildman–Crippen MR) is 80.1 cm³/mol. The fraction of sp³-hybridized carbons (Fsp3) is 0.250. The molecule has 0 unspecified atom stereocenters. The number of halogens is 1. The summed E-state index contributed by atoms with van der Waals surface area (Å²) >= 11 is 3.40. The Labute approximate surface area is 121 Å². The van der Waals surface area contributed by atoms with Crippen LogP contribution in [-0.2, 0) is 11.8 Å². The largest absolute Gasteiger partial charge is 0.395 e. The van der Waals surface area contributed by atoms with E-state index < -0.39 is 5.41 Å². The lowest BCUT2D eigenvalue weighted by atomic mass is 9.77. The first-order chi connectivity index (χ1) is 9.20. The maximum absolute atomic E-state index is 9.79. The van der Waals surface area contributed by atoms with Gasteiger partial charge in [-0.3, -0.25) is 0 Å². The van der Waals surface area contributed by atoms with Crippen LogP contribution in [0.4, 0.5) is 0 Å². The number of aliphatic hydroxyl groups is 2. The van der Waals surface area contributed by atoms with Gasteiger partial charge in [-0.1, -0.05) is 58.4 Å². The average Bonchev–Trinajstić information content (AvgIpc) is 2.47. The number of rotatable bonds is 5. The monoisotopic (exact) mass is 320 g/mol. The molecule has 2 rings (SSSR count). The highest BCUT2D eigenvalue weighted by Crippen LogP contribution is 2.29. The number of benzene rings is 2. The molecule has 100 valence electrons. The highest BCUT2D eigenvalue weighted by Gasteiger charge is 2.31. The summed E-state index contributed by atoms with van der Waals surface area (Å²) in [5.74, 6) is 0. The van der Waals surface area contributed by atoms with Crippen molar-refractivity contribution in [1.29, 1.82) is 0 Å². The Bertz CT molecular complexity index is 504. The number of hydrogen-bond donors (Lipinski definition) is 2. The Morgan fingerprint density at radius 1 is 0.842 bits per heavy atom. The lowest BCUT2D eigenvalue weighted by Gasteiger charge is -2.30. The molecule has 2 aromatic rings. The molecule has 3 heteroatoms. The van der Waals surface area contributed by atoms with E-state index in [9.17, 15) is 10.2 Å². The van der Waals surface area contributed by atoms with Crippen LogP contribution in [0.1, 0.15) is 11.1 Å². The first kappa shape index (κ1) is 14.3. The number of hydrogen-bond acceptors (Lipinski definition) is 2. The smallest absolute Gasteiger partial charge is 0.0553 e. The molecule has 0 spiro atoms. The van der Waals surface area contributed by atoms with E-state index in [1.807, 2.05) is 54.6 Å². The summed E-state index contributed by atoms with van der Waals surface area (Å²) < 4.78 is 0.987. The summed E-state index contributed by atoms with van der Waals surface area (Å²) in [4.78, 5) is 0. The van der Waals surface area contributed by atoms with Gasteiger partial charge in [0.2, 0.25) is 0 Å². The van der Waals surface area contributed by atoms with Crippen molar-refractivity contribution in [2.24, 2.45) is 0 Å². The summed E-state index contributed by atoms with van der Waals surface area (Å²) in [5.41, 5.74) is 1.42. The molecule has 0 fully saturated rings. The third kappa shape index (κ3) is 3.24. The molecule has 2 aromatic carbocycles. The minimum atomic E-state index is -0.637. The van der Waals surface area contributed by atoms with Crippen molar-refractivity contribution in [3.63, 3.8) is 0 Å². The van der Waals surface area contributed by atoms with Gasteiger partial charge in [0.15, 0.2) is 0 Å². The molecule has 2 nitrogen and oxygen atoms in total. The molecule has 0 heterocycles. The Balaban J connectivity index is 2.34. The second-order valence-electron chi connectivity index (χ2n) is 4.77.